The summed E-state index contributed by atoms with van der Waals surface area (Å²) in [5.74, 6) is -3.04. The zero-order chi connectivity index (χ0) is 22.7. The van der Waals surface area contributed by atoms with E-state index in [-0.39, 0.29) is 13.0 Å². The molecule has 1 N–H and O–H groups in total. The molecule has 1 atom stereocenters. The molecule has 11 heteroatoms. The standard InChI is InChI=1S/C21H22F2N6O2S/c1-27-18-10-14(2-4-17(18)29(32(27,30)31)13-16-11-21(16,22)23)20-15(12-24)3-5-19(26-20)28-8-6-25-7-9-28/h2-5,10,16,25H,6-9,11,13H2,1H3. The Kier molecular flexibility index (Phi) is 4.76. The first-order valence-electron chi connectivity index (χ1n) is 10.4. The molecule has 1 aromatic heterocycles. The summed E-state index contributed by atoms with van der Waals surface area (Å²) in [7, 11) is -2.54. The molecule has 3 heterocycles. The predicted octanol–water partition coefficient (Wildman–Crippen LogP) is 2.19. The van der Waals surface area contributed by atoms with Crippen molar-refractivity contribution in [1.82, 2.24) is 10.3 Å². The molecule has 0 amide bonds. The number of rotatable bonds is 4. The molecular weight excluding hydrogens is 438 g/mol. The third-order valence-corrected chi connectivity index (χ3v) is 8.06. The van der Waals surface area contributed by atoms with E-state index >= 15 is 0 Å². The van der Waals surface area contributed by atoms with Crippen molar-refractivity contribution >= 4 is 27.4 Å². The fraction of sp³-hybridized carbons (Fsp3) is 0.429. The van der Waals surface area contributed by atoms with Gasteiger partial charge in [-0.3, -0.25) is 8.61 Å². The van der Waals surface area contributed by atoms with E-state index in [1.54, 1.807) is 24.3 Å². The van der Waals surface area contributed by atoms with Crippen molar-refractivity contribution in [3.63, 3.8) is 0 Å². The first-order valence-corrected chi connectivity index (χ1v) is 11.8. The summed E-state index contributed by atoms with van der Waals surface area (Å²) in [5.41, 5.74) is 2.17. The highest BCUT2D eigenvalue weighted by Crippen LogP contribution is 2.51. The first-order chi connectivity index (χ1) is 15.2. The predicted molar refractivity (Wildman–Crippen MR) is 117 cm³/mol. The van der Waals surface area contributed by atoms with Crippen molar-refractivity contribution in [1.29, 1.82) is 5.26 Å². The second kappa shape index (κ2) is 7.28. The molecule has 2 aliphatic heterocycles. The maximum absolute atomic E-state index is 13.5. The van der Waals surface area contributed by atoms with Crippen molar-refractivity contribution in [2.75, 3.05) is 53.3 Å². The number of nitrogens with zero attached hydrogens (tertiary/aromatic N) is 5. The van der Waals surface area contributed by atoms with Crippen molar-refractivity contribution in [3.05, 3.63) is 35.9 Å². The van der Waals surface area contributed by atoms with E-state index in [4.69, 9.17) is 4.98 Å². The number of benzene rings is 1. The van der Waals surface area contributed by atoms with Crippen LogP contribution in [0.2, 0.25) is 0 Å². The van der Waals surface area contributed by atoms with Gasteiger partial charge >= 0.3 is 10.2 Å². The molecule has 2 aromatic rings. The molecule has 0 radical (unpaired) electrons. The lowest BCUT2D eigenvalue weighted by molar-refractivity contribution is 0.101. The number of hydrogen-bond acceptors (Lipinski definition) is 6. The second-order valence-corrected chi connectivity index (χ2v) is 10.2. The van der Waals surface area contributed by atoms with Gasteiger partial charge in [0.05, 0.1) is 22.6 Å². The smallest absolute Gasteiger partial charge is 0.326 e. The highest BCUT2D eigenvalue weighted by molar-refractivity contribution is 7.94. The fourth-order valence-corrected chi connectivity index (χ4v) is 5.68. The van der Waals surface area contributed by atoms with Crippen molar-refractivity contribution in [3.8, 4) is 17.3 Å². The summed E-state index contributed by atoms with van der Waals surface area (Å²) in [6.07, 6.45) is -0.301. The Bertz CT molecular complexity index is 1220. The summed E-state index contributed by atoms with van der Waals surface area (Å²) in [4.78, 5) is 6.84. The van der Waals surface area contributed by atoms with Crippen molar-refractivity contribution < 1.29 is 17.2 Å². The summed E-state index contributed by atoms with van der Waals surface area (Å²) < 4.78 is 54.8. The fourth-order valence-electron chi connectivity index (χ4n) is 4.22. The third-order valence-electron chi connectivity index (χ3n) is 6.27. The minimum absolute atomic E-state index is 0.258. The molecule has 1 saturated carbocycles. The molecule has 0 spiro atoms. The number of pyridine rings is 1. The van der Waals surface area contributed by atoms with E-state index in [1.807, 2.05) is 6.07 Å². The van der Waals surface area contributed by atoms with Crippen LogP contribution in [0, 0.1) is 17.2 Å². The monoisotopic (exact) mass is 460 g/mol. The Hall–Kier alpha value is -2.97. The van der Waals surface area contributed by atoms with Gasteiger partial charge in [-0.05, 0) is 24.3 Å². The zero-order valence-electron chi connectivity index (χ0n) is 17.4. The van der Waals surface area contributed by atoms with E-state index in [1.165, 1.54) is 7.05 Å². The van der Waals surface area contributed by atoms with Gasteiger partial charge in [0.1, 0.15) is 11.9 Å². The maximum atomic E-state index is 13.5. The van der Waals surface area contributed by atoms with Gasteiger partial charge in [-0.1, -0.05) is 6.07 Å². The van der Waals surface area contributed by atoms with Gasteiger partial charge < -0.3 is 10.2 Å². The molecule has 1 aliphatic carbocycles. The van der Waals surface area contributed by atoms with Crippen LogP contribution in [-0.4, -0.2) is 59.1 Å². The van der Waals surface area contributed by atoms with Gasteiger partial charge in [0.15, 0.2) is 0 Å². The van der Waals surface area contributed by atoms with E-state index in [0.29, 0.717) is 28.2 Å². The lowest BCUT2D eigenvalue weighted by atomic mass is 10.0. The Labute approximate surface area is 185 Å². The van der Waals surface area contributed by atoms with Crippen LogP contribution < -0.4 is 18.8 Å². The number of halogens is 2. The van der Waals surface area contributed by atoms with Gasteiger partial charge in [0.2, 0.25) is 0 Å². The molecule has 0 bridgehead atoms. The van der Waals surface area contributed by atoms with Crippen LogP contribution in [-0.2, 0) is 10.2 Å². The van der Waals surface area contributed by atoms with Gasteiger partial charge in [0.25, 0.3) is 5.92 Å². The lowest BCUT2D eigenvalue weighted by Gasteiger charge is -2.28. The van der Waals surface area contributed by atoms with Crippen molar-refractivity contribution in [2.24, 2.45) is 5.92 Å². The largest absolute Gasteiger partial charge is 0.354 e. The van der Waals surface area contributed by atoms with Gasteiger partial charge in [-0.15, -0.1) is 0 Å². The normalized spacial score (nSPS) is 23.1. The Morgan fingerprint density at radius 3 is 2.59 bits per heavy atom. The minimum Gasteiger partial charge on any atom is -0.354 e. The highest BCUT2D eigenvalue weighted by Gasteiger charge is 2.59. The number of alkyl halides is 2. The second-order valence-electron chi connectivity index (χ2n) is 8.29. The van der Waals surface area contributed by atoms with Crippen LogP contribution in [0.5, 0.6) is 0 Å². The topological polar surface area (TPSA) is 92.6 Å². The average molecular weight is 461 g/mol. The van der Waals surface area contributed by atoms with E-state index in [2.05, 4.69) is 16.3 Å². The van der Waals surface area contributed by atoms with Crippen LogP contribution >= 0.6 is 0 Å². The van der Waals surface area contributed by atoms with E-state index < -0.39 is 22.0 Å². The quantitative estimate of drug-likeness (QED) is 0.752. The van der Waals surface area contributed by atoms with Crippen LogP contribution in [0.15, 0.2) is 30.3 Å². The highest BCUT2D eigenvalue weighted by atomic mass is 32.2. The average Bonchev–Trinajstić information content (AvgIpc) is 3.36. The minimum atomic E-state index is -3.94. The van der Waals surface area contributed by atoms with Crippen molar-refractivity contribution in [2.45, 2.75) is 12.3 Å². The number of nitrogens with one attached hydrogen (secondary N) is 1. The molecule has 1 saturated heterocycles. The molecule has 8 nitrogen and oxygen atoms in total. The number of fused-ring (bicyclic) bond motifs is 1. The van der Waals surface area contributed by atoms with Crippen LogP contribution in [0.1, 0.15) is 12.0 Å². The Morgan fingerprint density at radius 2 is 1.94 bits per heavy atom. The Morgan fingerprint density at radius 1 is 1.22 bits per heavy atom. The number of piperazine rings is 1. The molecule has 1 unspecified atom stereocenters. The Balaban J connectivity index is 1.53. The lowest BCUT2D eigenvalue weighted by Crippen LogP contribution is -2.43. The summed E-state index contributed by atoms with van der Waals surface area (Å²) in [5, 5.41) is 12.9. The molecule has 168 valence electrons. The van der Waals surface area contributed by atoms with Gasteiger partial charge in [0, 0.05) is 57.7 Å². The molecule has 1 aromatic carbocycles. The van der Waals surface area contributed by atoms with Crippen LogP contribution in [0.25, 0.3) is 11.3 Å². The first kappa shape index (κ1) is 20.9. The molecule has 5 rings (SSSR count). The third kappa shape index (κ3) is 3.34. The van der Waals surface area contributed by atoms with Gasteiger partial charge in [-0.2, -0.15) is 13.7 Å². The van der Waals surface area contributed by atoms with E-state index in [0.717, 1.165) is 40.6 Å². The summed E-state index contributed by atoms with van der Waals surface area (Å²) >= 11 is 0. The maximum Gasteiger partial charge on any atom is 0.326 e. The summed E-state index contributed by atoms with van der Waals surface area (Å²) in [6, 6.07) is 10.6. The number of hydrogen-bond donors (Lipinski definition) is 1. The number of aromatic nitrogens is 1. The number of anilines is 3. The van der Waals surface area contributed by atoms with Gasteiger partial charge in [-0.25, -0.2) is 13.8 Å². The summed E-state index contributed by atoms with van der Waals surface area (Å²) in [6.45, 7) is 3.02. The van der Waals surface area contributed by atoms with Crippen LogP contribution in [0.4, 0.5) is 26.0 Å². The molecular formula is C21H22F2N6O2S. The molecule has 2 fully saturated rings. The molecule has 32 heavy (non-hydrogen) atoms. The zero-order valence-corrected chi connectivity index (χ0v) is 18.2. The number of nitriles is 1. The molecule has 3 aliphatic rings. The van der Waals surface area contributed by atoms with E-state index in [9.17, 15) is 22.5 Å². The van der Waals surface area contributed by atoms with Crippen LogP contribution in [0.3, 0.4) is 0 Å². The SMILES string of the molecule is CN1c2cc(-c3nc(N4CCNCC4)ccc3C#N)ccc2N(CC2CC2(F)F)S1(=O)=O.